The molecule has 1 aromatic heterocycles. The van der Waals surface area contributed by atoms with Crippen molar-refractivity contribution in [3.8, 4) is 0 Å². The molecular weight excluding hydrogens is 202 g/mol. The lowest BCUT2D eigenvalue weighted by atomic mass is 10.2. The molecule has 1 aliphatic heterocycles. The number of aromatic nitrogens is 1. The summed E-state index contributed by atoms with van der Waals surface area (Å²) in [4.78, 5) is 6.63. The molecule has 1 atom stereocenters. The fourth-order valence-corrected chi connectivity index (χ4v) is 2.25. The molecule has 1 N–H and O–H groups in total. The van der Waals surface area contributed by atoms with Crippen LogP contribution >= 0.6 is 0 Å². The quantitative estimate of drug-likeness (QED) is 0.841. The van der Waals surface area contributed by atoms with E-state index in [9.17, 15) is 0 Å². The first-order chi connectivity index (χ1) is 7.63. The van der Waals surface area contributed by atoms with Crippen LogP contribution in [0.1, 0.15) is 31.9 Å². The van der Waals surface area contributed by atoms with Crippen LogP contribution in [0.25, 0.3) is 0 Å². The van der Waals surface area contributed by atoms with Crippen molar-refractivity contribution in [1.29, 1.82) is 0 Å². The zero-order valence-corrected chi connectivity index (χ0v) is 10.4. The van der Waals surface area contributed by atoms with Gasteiger partial charge >= 0.3 is 0 Å². The summed E-state index contributed by atoms with van der Waals surface area (Å²) in [6, 6.07) is 1.19. The summed E-state index contributed by atoms with van der Waals surface area (Å²) in [5.41, 5.74) is 0. The number of nitrogens with one attached hydrogen (secondary N) is 1. The van der Waals surface area contributed by atoms with E-state index in [-0.39, 0.29) is 0 Å². The molecule has 1 fully saturated rings. The first kappa shape index (κ1) is 11.6. The fourth-order valence-electron chi connectivity index (χ4n) is 2.25. The molecule has 0 saturated carbocycles. The maximum Gasteiger partial charge on any atom is 0.208 e. The van der Waals surface area contributed by atoms with E-state index in [1.54, 1.807) is 6.20 Å². The van der Waals surface area contributed by atoms with Crippen molar-refractivity contribution in [1.82, 2.24) is 15.2 Å². The Morgan fingerprint density at radius 1 is 1.62 bits per heavy atom. The first-order valence-corrected chi connectivity index (χ1v) is 6.03. The monoisotopic (exact) mass is 223 g/mol. The van der Waals surface area contributed by atoms with Gasteiger partial charge in [-0.05, 0) is 13.3 Å². The molecule has 0 aromatic carbocycles. The van der Waals surface area contributed by atoms with E-state index in [1.165, 1.54) is 6.42 Å². The van der Waals surface area contributed by atoms with Crippen molar-refractivity contribution in [2.24, 2.45) is 0 Å². The number of hydrogen-bond acceptors (Lipinski definition) is 4. The number of rotatable bonds is 4. The van der Waals surface area contributed by atoms with Crippen LogP contribution < -0.4 is 5.32 Å². The molecule has 1 saturated heterocycles. The van der Waals surface area contributed by atoms with Crippen LogP contribution in [0.3, 0.4) is 0 Å². The molecule has 2 rings (SSSR count). The zero-order chi connectivity index (χ0) is 11.5. The molecule has 0 radical (unpaired) electrons. The normalized spacial score (nSPS) is 22.1. The average molecular weight is 223 g/mol. The lowest BCUT2D eigenvalue weighted by molar-refractivity contribution is 0.279. The lowest BCUT2D eigenvalue weighted by Gasteiger charge is -2.17. The Bertz CT molecular complexity index is 335. The SMILES string of the molecule is Cc1cnc(CN2CCC(NC(C)C)C2)o1. The molecule has 4 nitrogen and oxygen atoms in total. The predicted molar refractivity (Wildman–Crippen MR) is 63.2 cm³/mol. The van der Waals surface area contributed by atoms with Gasteiger partial charge in [0.05, 0.1) is 12.7 Å². The van der Waals surface area contributed by atoms with Crippen LogP contribution in [0.15, 0.2) is 10.6 Å². The van der Waals surface area contributed by atoms with Crippen LogP contribution in [0.2, 0.25) is 0 Å². The average Bonchev–Trinajstić information content (AvgIpc) is 2.76. The minimum absolute atomic E-state index is 0.564. The summed E-state index contributed by atoms with van der Waals surface area (Å²) in [5.74, 6) is 1.73. The smallest absolute Gasteiger partial charge is 0.208 e. The Kier molecular flexibility index (Phi) is 3.61. The zero-order valence-electron chi connectivity index (χ0n) is 10.4. The van der Waals surface area contributed by atoms with Gasteiger partial charge < -0.3 is 9.73 Å². The lowest BCUT2D eigenvalue weighted by Crippen LogP contribution is -2.36. The fraction of sp³-hybridized carbons (Fsp3) is 0.750. The second-order valence-corrected chi connectivity index (χ2v) is 4.91. The van der Waals surface area contributed by atoms with Gasteiger partial charge in [-0.2, -0.15) is 0 Å². The van der Waals surface area contributed by atoms with Crippen molar-refractivity contribution >= 4 is 0 Å². The third kappa shape index (κ3) is 3.06. The van der Waals surface area contributed by atoms with E-state index >= 15 is 0 Å². The van der Waals surface area contributed by atoms with Gasteiger partial charge in [0, 0.05) is 25.2 Å². The van der Waals surface area contributed by atoms with Gasteiger partial charge in [-0.25, -0.2) is 4.98 Å². The maximum absolute atomic E-state index is 5.49. The van der Waals surface area contributed by atoms with E-state index in [0.29, 0.717) is 12.1 Å². The summed E-state index contributed by atoms with van der Waals surface area (Å²) >= 11 is 0. The topological polar surface area (TPSA) is 41.3 Å². The number of hydrogen-bond donors (Lipinski definition) is 1. The molecule has 0 spiro atoms. The molecule has 1 unspecified atom stereocenters. The molecule has 1 aliphatic rings. The third-order valence-electron chi connectivity index (χ3n) is 2.87. The van der Waals surface area contributed by atoms with Gasteiger partial charge in [-0.3, -0.25) is 4.90 Å². The summed E-state index contributed by atoms with van der Waals surface area (Å²) in [6.45, 7) is 9.39. The van der Waals surface area contributed by atoms with Crippen molar-refractivity contribution in [3.05, 3.63) is 17.8 Å². The molecule has 90 valence electrons. The maximum atomic E-state index is 5.49. The van der Waals surface area contributed by atoms with Gasteiger partial charge in [-0.1, -0.05) is 13.8 Å². The van der Waals surface area contributed by atoms with Crippen LogP contribution in [0.4, 0.5) is 0 Å². The molecule has 0 bridgehead atoms. The highest BCUT2D eigenvalue weighted by Crippen LogP contribution is 2.13. The van der Waals surface area contributed by atoms with Crippen molar-refractivity contribution in [2.45, 2.75) is 45.8 Å². The Morgan fingerprint density at radius 3 is 3.06 bits per heavy atom. The van der Waals surface area contributed by atoms with Gasteiger partial charge in [-0.15, -0.1) is 0 Å². The highest BCUT2D eigenvalue weighted by Gasteiger charge is 2.23. The molecular formula is C12H21N3O. The van der Waals surface area contributed by atoms with E-state index in [0.717, 1.165) is 31.3 Å². The third-order valence-corrected chi connectivity index (χ3v) is 2.87. The Morgan fingerprint density at radius 2 is 2.44 bits per heavy atom. The number of aryl methyl sites for hydroxylation is 1. The van der Waals surface area contributed by atoms with Crippen LogP contribution in [0, 0.1) is 6.92 Å². The van der Waals surface area contributed by atoms with Crippen LogP contribution in [0.5, 0.6) is 0 Å². The van der Waals surface area contributed by atoms with Crippen molar-refractivity contribution < 1.29 is 4.42 Å². The molecule has 0 aliphatic carbocycles. The first-order valence-electron chi connectivity index (χ1n) is 6.03. The highest BCUT2D eigenvalue weighted by atomic mass is 16.4. The molecule has 0 amide bonds. The Hall–Kier alpha value is -0.870. The van der Waals surface area contributed by atoms with Crippen molar-refractivity contribution in [3.63, 3.8) is 0 Å². The summed E-state index contributed by atoms with van der Waals surface area (Å²) in [7, 11) is 0. The molecule has 2 heterocycles. The molecule has 4 heteroatoms. The van der Waals surface area contributed by atoms with Gasteiger partial charge in [0.15, 0.2) is 0 Å². The Labute approximate surface area is 97.0 Å². The van der Waals surface area contributed by atoms with Crippen LogP contribution in [-0.2, 0) is 6.54 Å². The molecule has 1 aromatic rings. The molecule has 16 heavy (non-hydrogen) atoms. The summed E-state index contributed by atoms with van der Waals surface area (Å²) in [6.07, 6.45) is 3.01. The summed E-state index contributed by atoms with van der Waals surface area (Å²) < 4.78 is 5.49. The largest absolute Gasteiger partial charge is 0.445 e. The van der Waals surface area contributed by atoms with E-state index in [1.807, 2.05) is 6.92 Å². The number of likely N-dealkylation sites (tertiary alicyclic amines) is 1. The van der Waals surface area contributed by atoms with E-state index < -0.39 is 0 Å². The summed E-state index contributed by atoms with van der Waals surface area (Å²) in [5, 5.41) is 3.57. The van der Waals surface area contributed by atoms with E-state index in [4.69, 9.17) is 4.42 Å². The standard InChI is InChI=1S/C12H21N3O/c1-9(2)14-11-4-5-15(7-11)8-12-13-6-10(3)16-12/h6,9,11,14H,4-5,7-8H2,1-3H3. The van der Waals surface area contributed by atoms with Gasteiger partial charge in [0.1, 0.15) is 5.76 Å². The van der Waals surface area contributed by atoms with Crippen LogP contribution in [-0.4, -0.2) is 35.1 Å². The second kappa shape index (κ2) is 4.97. The minimum atomic E-state index is 0.564. The van der Waals surface area contributed by atoms with Gasteiger partial charge in [0.25, 0.3) is 0 Å². The highest BCUT2D eigenvalue weighted by molar-refractivity contribution is 4.92. The van der Waals surface area contributed by atoms with E-state index in [2.05, 4.69) is 29.0 Å². The van der Waals surface area contributed by atoms with Crippen molar-refractivity contribution in [2.75, 3.05) is 13.1 Å². The number of oxazole rings is 1. The number of nitrogens with zero attached hydrogens (tertiary/aromatic N) is 2. The van der Waals surface area contributed by atoms with Gasteiger partial charge in [0.2, 0.25) is 5.89 Å². The predicted octanol–water partition coefficient (Wildman–Crippen LogP) is 1.56. The second-order valence-electron chi connectivity index (χ2n) is 4.91. The minimum Gasteiger partial charge on any atom is -0.445 e. The Balaban J connectivity index is 1.80.